The maximum Gasteiger partial charge on any atom is 0.240 e. The van der Waals surface area contributed by atoms with E-state index in [0.717, 1.165) is 34.6 Å². The van der Waals surface area contributed by atoms with Crippen molar-refractivity contribution in [2.75, 3.05) is 11.4 Å². The van der Waals surface area contributed by atoms with Crippen LogP contribution in [0.3, 0.4) is 0 Å². The summed E-state index contributed by atoms with van der Waals surface area (Å²) in [6.07, 6.45) is 1.37. The number of aryl methyl sites for hydroxylation is 1. The average molecular weight is 439 g/mol. The number of amides is 1. The fourth-order valence-electron chi connectivity index (χ4n) is 3.88. The molecule has 1 fully saturated rings. The minimum Gasteiger partial charge on any atom is -0.312 e. The number of carbonyl (C=O) groups excluding carboxylic acids is 1. The lowest BCUT2D eigenvalue weighted by Crippen LogP contribution is -2.25. The molecule has 0 saturated carbocycles. The average Bonchev–Trinajstić information content (AvgIpc) is 3.30. The zero-order valence-electron chi connectivity index (χ0n) is 17.7. The number of aromatic nitrogens is 2. The van der Waals surface area contributed by atoms with E-state index < -0.39 is 10.0 Å². The molecule has 1 saturated heterocycles. The fraction of sp³-hybridized carbons (Fsp3) is 0.304. The monoisotopic (exact) mass is 438 g/mol. The van der Waals surface area contributed by atoms with Crippen LogP contribution < -0.4 is 9.62 Å². The second kappa shape index (κ2) is 8.64. The third-order valence-electron chi connectivity index (χ3n) is 5.68. The minimum absolute atomic E-state index is 0.0761. The smallest absolute Gasteiger partial charge is 0.240 e. The van der Waals surface area contributed by atoms with Gasteiger partial charge in [0.1, 0.15) is 0 Å². The number of anilines is 1. The Kier molecular flexibility index (Phi) is 5.93. The van der Waals surface area contributed by atoms with Gasteiger partial charge in [-0.25, -0.2) is 13.1 Å². The van der Waals surface area contributed by atoms with E-state index in [2.05, 4.69) is 9.82 Å². The van der Waals surface area contributed by atoms with Crippen molar-refractivity contribution < 1.29 is 13.2 Å². The van der Waals surface area contributed by atoms with Crippen LogP contribution in [-0.2, 0) is 27.9 Å². The largest absolute Gasteiger partial charge is 0.312 e. The molecule has 0 radical (unpaired) electrons. The lowest BCUT2D eigenvalue weighted by Gasteiger charge is -2.16. The van der Waals surface area contributed by atoms with E-state index in [-0.39, 0.29) is 17.3 Å². The number of sulfonamides is 1. The molecule has 8 heteroatoms. The highest BCUT2D eigenvalue weighted by atomic mass is 32.2. The molecule has 1 amide bonds. The first kappa shape index (κ1) is 21.3. The zero-order chi connectivity index (χ0) is 22.0. The van der Waals surface area contributed by atoms with Crippen molar-refractivity contribution in [1.29, 1.82) is 0 Å². The Morgan fingerprint density at radius 3 is 2.39 bits per heavy atom. The van der Waals surface area contributed by atoms with Crippen LogP contribution in [0.2, 0.25) is 0 Å². The molecule has 0 atom stereocenters. The molecule has 1 aromatic heterocycles. The first-order valence-corrected chi connectivity index (χ1v) is 11.8. The second-order valence-corrected chi connectivity index (χ2v) is 9.53. The van der Waals surface area contributed by atoms with Crippen molar-refractivity contribution in [3.05, 3.63) is 77.1 Å². The summed E-state index contributed by atoms with van der Waals surface area (Å²) in [5, 5.41) is 4.59. The van der Waals surface area contributed by atoms with Gasteiger partial charge >= 0.3 is 0 Å². The summed E-state index contributed by atoms with van der Waals surface area (Å²) < 4.78 is 30.2. The van der Waals surface area contributed by atoms with Crippen LogP contribution >= 0.6 is 0 Å². The maximum atomic E-state index is 12.8. The topological polar surface area (TPSA) is 84.3 Å². The molecule has 2 heterocycles. The van der Waals surface area contributed by atoms with E-state index in [1.807, 2.05) is 48.9 Å². The minimum atomic E-state index is -3.69. The highest BCUT2D eigenvalue weighted by Gasteiger charge is 2.23. The molecular weight excluding hydrogens is 412 g/mol. The molecule has 2 aromatic carbocycles. The van der Waals surface area contributed by atoms with E-state index >= 15 is 0 Å². The molecule has 1 aliphatic rings. The highest BCUT2D eigenvalue weighted by Crippen LogP contribution is 2.23. The first-order chi connectivity index (χ1) is 14.8. The number of nitrogens with zero attached hydrogens (tertiary/aromatic N) is 3. The van der Waals surface area contributed by atoms with E-state index in [9.17, 15) is 13.2 Å². The quantitative estimate of drug-likeness (QED) is 0.614. The van der Waals surface area contributed by atoms with Crippen molar-refractivity contribution in [3.63, 3.8) is 0 Å². The predicted molar refractivity (Wildman–Crippen MR) is 119 cm³/mol. The summed E-state index contributed by atoms with van der Waals surface area (Å²) in [4.78, 5) is 13.8. The highest BCUT2D eigenvalue weighted by molar-refractivity contribution is 7.89. The van der Waals surface area contributed by atoms with Gasteiger partial charge in [0.15, 0.2) is 0 Å². The Morgan fingerprint density at radius 2 is 1.74 bits per heavy atom. The third-order valence-corrected chi connectivity index (χ3v) is 7.09. The molecule has 0 bridgehead atoms. The number of rotatable bonds is 7. The van der Waals surface area contributed by atoms with Gasteiger partial charge < -0.3 is 4.90 Å². The van der Waals surface area contributed by atoms with Gasteiger partial charge in [-0.05, 0) is 50.1 Å². The molecule has 1 aliphatic heterocycles. The summed E-state index contributed by atoms with van der Waals surface area (Å²) in [6.45, 7) is 5.32. The first-order valence-electron chi connectivity index (χ1n) is 10.3. The summed E-state index contributed by atoms with van der Waals surface area (Å²) in [5.41, 5.74) is 4.48. The predicted octanol–water partition coefficient (Wildman–Crippen LogP) is 3.15. The van der Waals surface area contributed by atoms with Crippen LogP contribution in [0.4, 0.5) is 5.69 Å². The molecule has 1 N–H and O–H groups in total. The number of hydrogen-bond donors (Lipinski definition) is 1. The van der Waals surface area contributed by atoms with Gasteiger partial charge in [-0.15, -0.1) is 0 Å². The van der Waals surface area contributed by atoms with Gasteiger partial charge in [0.25, 0.3) is 0 Å². The molecule has 0 aliphatic carbocycles. The fourth-order valence-corrected chi connectivity index (χ4v) is 4.87. The summed E-state index contributed by atoms with van der Waals surface area (Å²) >= 11 is 0. The molecule has 4 rings (SSSR count). The molecule has 0 spiro atoms. The van der Waals surface area contributed by atoms with Crippen molar-refractivity contribution in [2.45, 2.75) is 44.7 Å². The second-order valence-electron chi connectivity index (χ2n) is 7.76. The number of benzene rings is 2. The number of carbonyl (C=O) groups is 1. The molecule has 7 nitrogen and oxygen atoms in total. The van der Waals surface area contributed by atoms with E-state index in [0.29, 0.717) is 19.5 Å². The Bertz CT molecular complexity index is 1190. The van der Waals surface area contributed by atoms with E-state index in [1.54, 1.807) is 29.2 Å². The van der Waals surface area contributed by atoms with Gasteiger partial charge in [-0.1, -0.05) is 30.3 Å². The van der Waals surface area contributed by atoms with Crippen molar-refractivity contribution in [2.24, 2.45) is 0 Å². The molecule has 162 valence electrons. The third kappa shape index (κ3) is 4.55. The van der Waals surface area contributed by atoms with Crippen molar-refractivity contribution >= 4 is 21.6 Å². The van der Waals surface area contributed by atoms with Crippen molar-refractivity contribution in [3.8, 4) is 0 Å². The van der Waals surface area contributed by atoms with E-state index in [1.165, 1.54) is 0 Å². The van der Waals surface area contributed by atoms with Crippen LogP contribution in [0.15, 0.2) is 59.5 Å². The molecular formula is C23H26N4O3S. The lowest BCUT2D eigenvalue weighted by molar-refractivity contribution is -0.117. The van der Waals surface area contributed by atoms with Gasteiger partial charge in [0.2, 0.25) is 15.9 Å². The zero-order valence-corrected chi connectivity index (χ0v) is 18.5. The van der Waals surface area contributed by atoms with Crippen LogP contribution in [-0.4, -0.2) is 30.7 Å². The van der Waals surface area contributed by atoms with Crippen LogP contribution in [0, 0.1) is 13.8 Å². The van der Waals surface area contributed by atoms with Crippen molar-refractivity contribution in [1.82, 2.24) is 14.5 Å². The lowest BCUT2D eigenvalue weighted by atomic mass is 10.2. The van der Waals surface area contributed by atoms with E-state index in [4.69, 9.17) is 0 Å². The molecule has 3 aromatic rings. The van der Waals surface area contributed by atoms with Crippen LogP contribution in [0.25, 0.3) is 0 Å². The number of hydrogen-bond acceptors (Lipinski definition) is 4. The summed E-state index contributed by atoms with van der Waals surface area (Å²) in [7, 11) is -3.69. The summed E-state index contributed by atoms with van der Waals surface area (Å²) in [6, 6.07) is 16.5. The number of nitrogens with one attached hydrogen (secondary N) is 1. The Labute approximate surface area is 182 Å². The Morgan fingerprint density at radius 1 is 1.03 bits per heavy atom. The molecule has 0 unspecified atom stereocenters. The Balaban J connectivity index is 1.46. The maximum absolute atomic E-state index is 12.8. The van der Waals surface area contributed by atoms with Crippen LogP contribution in [0.5, 0.6) is 0 Å². The van der Waals surface area contributed by atoms with Gasteiger partial charge in [0.05, 0.1) is 17.1 Å². The Hall–Kier alpha value is -2.97. The van der Waals surface area contributed by atoms with Gasteiger partial charge in [0, 0.05) is 36.5 Å². The summed E-state index contributed by atoms with van der Waals surface area (Å²) in [5.74, 6) is 0.0761. The molecule has 31 heavy (non-hydrogen) atoms. The van der Waals surface area contributed by atoms with Gasteiger partial charge in [-0.3, -0.25) is 9.48 Å². The van der Waals surface area contributed by atoms with Gasteiger partial charge in [-0.2, -0.15) is 5.10 Å². The van der Waals surface area contributed by atoms with Crippen LogP contribution in [0.1, 0.15) is 35.4 Å². The standard InChI is InChI=1S/C23H26N4O3S/c1-17-22(18(2)27(25-17)16-19-7-4-3-5-8-19)15-24-31(29,30)21-12-10-20(11-13-21)26-14-6-9-23(26)28/h3-5,7-8,10-13,24H,6,9,14-16H2,1-2H3. The normalized spacial score (nSPS) is 14.4. The SMILES string of the molecule is Cc1nn(Cc2ccccc2)c(C)c1CNS(=O)(=O)c1ccc(N2CCCC2=O)cc1.